The number of aromatic nitrogens is 2. The molecule has 0 bridgehead atoms. The molecule has 0 atom stereocenters. The fourth-order valence-electron chi connectivity index (χ4n) is 5.14. The number of anilines is 3. The molecule has 188 valence electrons. The van der Waals surface area contributed by atoms with Gasteiger partial charge >= 0.3 is 0 Å². The van der Waals surface area contributed by atoms with Crippen molar-refractivity contribution < 1.29 is 9.53 Å². The Kier molecular flexibility index (Phi) is 7.58. The zero-order valence-electron chi connectivity index (χ0n) is 20.4. The van der Waals surface area contributed by atoms with Crippen molar-refractivity contribution in [3.05, 3.63) is 35.0 Å². The first-order valence-electron chi connectivity index (χ1n) is 12.9. The second kappa shape index (κ2) is 11.0. The highest BCUT2D eigenvalue weighted by Crippen LogP contribution is 2.31. The lowest BCUT2D eigenvalue weighted by atomic mass is 9.95. The van der Waals surface area contributed by atoms with Gasteiger partial charge < -0.3 is 25.6 Å². The van der Waals surface area contributed by atoms with Crippen LogP contribution in [0.4, 0.5) is 17.5 Å². The van der Waals surface area contributed by atoms with Crippen molar-refractivity contribution in [2.24, 2.45) is 0 Å². The fraction of sp³-hybridized carbons (Fsp3) is 0.577. The number of piperidine rings is 1. The van der Waals surface area contributed by atoms with Crippen LogP contribution in [-0.4, -0.2) is 59.1 Å². The van der Waals surface area contributed by atoms with Crippen LogP contribution in [0.3, 0.4) is 0 Å². The average molecular weight is 499 g/mol. The van der Waals surface area contributed by atoms with Crippen molar-refractivity contribution in [3.8, 4) is 5.75 Å². The van der Waals surface area contributed by atoms with E-state index in [4.69, 9.17) is 16.3 Å². The molecule has 3 N–H and O–H groups in total. The summed E-state index contributed by atoms with van der Waals surface area (Å²) in [7, 11) is 1.59. The average Bonchev–Trinajstić information content (AvgIpc) is 3.73. The molecule has 2 aliphatic carbocycles. The number of methoxy groups -OCH3 is 1. The SMILES string of the molecule is COc1cc(C(=O)NC2CCN(C3CC3)CC2)ccc1Nc1ncc(Cl)c(NC2CCCCC2)n1. The van der Waals surface area contributed by atoms with Gasteiger partial charge in [-0.3, -0.25) is 4.79 Å². The zero-order valence-corrected chi connectivity index (χ0v) is 21.1. The van der Waals surface area contributed by atoms with Gasteiger partial charge in [0.15, 0.2) is 5.82 Å². The third kappa shape index (κ3) is 6.16. The number of carbonyl (C=O) groups is 1. The first-order valence-corrected chi connectivity index (χ1v) is 13.3. The molecular weight excluding hydrogens is 464 g/mol. The van der Waals surface area contributed by atoms with E-state index in [0.29, 0.717) is 39.8 Å². The molecule has 3 fully saturated rings. The third-order valence-corrected chi connectivity index (χ3v) is 7.60. The number of nitrogens with zero attached hydrogens (tertiary/aromatic N) is 3. The normalized spacial score (nSPS) is 19.8. The van der Waals surface area contributed by atoms with Crippen molar-refractivity contribution in [3.63, 3.8) is 0 Å². The molecule has 0 spiro atoms. The highest BCUT2D eigenvalue weighted by atomic mass is 35.5. The van der Waals surface area contributed by atoms with Crippen LogP contribution in [0.1, 0.15) is 68.1 Å². The third-order valence-electron chi connectivity index (χ3n) is 7.33. The van der Waals surface area contributed by atoms with Gasteiger partial charge in [-0.2, -0.15) is 4.98 Å². The summed E-state index contributed by atoms with van der Waals surface area (Å²) < 4.78 is 5.57. The van der Waals surface area contributed by atoms with Crippen LogP contribution >= 0.6 is 11.6 Å². The number of amides is 1. The van der Waals surface area contributed by atoms with Gasteiger partial charge in [0.05, 0.1) is 19.0 Å². The second-order valence-electron chi connectivity index (χ2n) is 9.92. The van der Waals surface area contributed by atoms with Gasteiger partial charge in [0.2, 0.25) is 5.95 Å². The predicted octanol–water partition coefficient (Wildman–Crippen LogP) is 4.98. The van der Waals surface area contributed by atoms with Crippen molar-refractivity contribution in [2.75, 3.05) is 30.8 Å². The molecule has 2 saturated carbocycles. The Morgan fingerprint density at radius 2 is 1.83 bits per heavy atom. The van der Waals surface area contributed by atoms with Gasteiger partial charge in [-0.25, -0.2) is 4.98 Å². The zero-order chi connectivity index (χ0) is 24.2. The van der Waals surface area contributed by atoms with E-state index >= 15 is 0 Å². The van der Waals surface area contributed by atoms with Crippen molar-refractivity contribution in [1.29, 1.82) is 0 Å². The molecule has 5 rings (SSSR count). The minimum Gasteiger partial charge on any atom is -0.495 e. The Morgan fingerprint density at radius 3 is 2.54 bits per heavy atom. The summed E-state index contributed by atoms with van der Waals surface area (Å²) >= 11 is 6.35. The van der Waals surface area contributed by atoms with E-state index in [1.807, 2.05) is 6.07 Å². The first kappa shape index (κ1) is 24.1. The molecule has 1 aliphatic heterocycles. The Morgan fingerprint density at radius 1 is 1.06 bits per heavy atom. The molecule has 35 heavy (non-hydrogen) atoms. The minimum atomic E-state index is -0.0681. The van der Waals surface area contributed by atoms with Crippen LogP contribution in [0.5, 0.6) is 5.75 Å². The minimum absolute atomic E-state index is 0.0681. The maximum atomic E-state index is 12.9. The Labute approximate surface area is 212 Å². The number of hydrogen-bond donors (Lipinski definition) is 3. The van der Waals surface area contributed by atoms with Gasteiger partial charge in [-0.1, -0.05) is 30.9 Å². The highest BCUT2D eigenvalue weighted by molar-refractivity contribution is 6.32. The Hall–Kier alpha value is -2.58. The molecule has 2 aromatic rings. The van der Waals surface area contributed by atoms with Crippen molar-refractivity contribution in [2.45, 2.75) is 75.9 Å². The van der Waals surface area contributed by atoms with Gasteiger partial charge in [0, 0.05) is 36.8 Å². The Balaban J connectivity index is 1.22. The Bertz CT molecular complexity index is 1030. The molecule has 0 unspecified atom stereocenters. The van der Waals surface area contributed by atoms with E-state index in [9.17, 15) is 4.79 Å². The van der Waals surface area contributed by atoms with E-state index in [1.165, 1.54) is 32.1 Å². The molecule has 8 nitrogen and oxygen atoms in total. The van der Waals surface area contributed by atoms with Gasteiger partial charge in [0.1, 0.15) is 10.8 Å². The molecular formula is C26H35ClN6O2. The van der Waals surface area contributed by atoms with Crippen LogP contribution in [0.15, 0.2) is 24.4 Å². The molecule has 1 amide bonds. The number of nitrogens with one attached hydrogen (secondary N) is 3. The summed E-state index contributed by atoms with van der Waals surface area (Å²) in [5, 5.41) is 10.4. The van der Waals surface area contributed by atoms with E-state index in [-0.39, 0.29) is 11.9 Å². The number of hydrogen-bond acceptors (Lipinski definition) is 7. The van der Waals surface area contributed by atoms with Crippen LogP contribution < -0.4 is 20.7 Å². The molecule has 1 saturated heterocycles. The monoisotopic (exact) mass is 498 g/mol. The molecule has 0 radical (unpaired) electrons. The molecule has 2 heterocycles. The summed E-state index contributed by atoms with van der Waals surface area (Å²) in [6.07, 6.45) is 12.3. The van der Waals surface area contributed by atoms with E-state index in [1.54, 1.807) is 25.4 Å². The second-order valence-corrected chi connectivity index (χ2v) is 10.3. The van der Waals surface area contributed by atoms with Gasteiger partial charge in [-0.05, 0) is 56.7 Å². The number of rotatable bonds is 8. The lowest BCUT2D eigenvalue weighted by molar-refractivity contribution is 0.0909. The fourth-order valence-corrected chi connectivity index (χ4v) is 5.29. The predicted molar refractivity (Wildman–Crippen MR) is 139 cm³/mol. The summed E-state index contributed by atoms with van der Waals surface area (Å²) in [6, 6.07) is 6.79. The number of benzene rings is 1. The smallest absolute Gasteiger partial charge is 0.251 e. The molecule has 9 heteroatoms. The summed E-state index contributed by atoms with van der Waals surface area (Å²) in [5.74, 6) is 1.55. The van der Waals surface area contributed by atoms with Gasteiger partial charge in [0.25, 0.3) is 5.91 Å². The standard InChI is InChI=1S/C26H35ClN6O2/c1-35-23-15-17(25(34)30-19-11-13-33(14-12-19)20-8-9-20)7-10-22(23)31-26-28-16-21(27)24(32-26)29-18-5-3-2-4-6-18/h7,10,15-16,18-20H,2-6,8-9,11-14H2,1H3,(H,30,34)(H2,28,29,31,32). The summed E-state index contributed by atoms with van der Waals surface area (Å²) in [4.78, 5) is 24.4. The van der Waals surface area contributed by atoms with Crippen molar-refractivity contribution in [1.82, 2.24) is 20.2 Å². The maximum absolute atomic E-state index is 12.9. The van der Waals surface area contributed by atoms with Crippen molar-refractivity contribution >= 4 is 35.0 Å². The van der Waals surface area contributed by atoms with Crippen LogP contribution in [0.2, 0.25) is 5.02 Å². The first-order chi connectivity index (χ1) is 17.1. The maximum Gasteiger partial charge on any atom is 0.251 e. The molecule has 3 aliphatic rings. The van der Waals surface area contributed by atoms with Crippen LogP contribution in [0, 0.1) is 0 Å². The van der Waals surface area contributed by atoms with E-state index in [0.717, 1.165) is 44.8 Å². The quantitative estimate of drug-likeness (QED) is 0.472. The number of halogens is 1. The summed E-state index contributed by atoms with van der Waals surface area (Å²) in [6.45, 7) is 2.14. The summed E-state index contributed by atoms with van der Waals surface area (Å²) in [5.41, 5.74) is 1.27. The lowest BCUT2D eigenvalue weighted by Gasteiger charge is -2.32. The number of carbonyl (C=O) groups excluding carboxylic acids is 1. The highest BCUT2D eigenvalue weighted by Gasteiger charge is 2.32. The topological polar surface area (TPSA) is 91.4 Å². The van der Waals surface area contributed by atoms with Gasteiger partial charge in [-0.15, -0.1) is 0 Å². The number of likely N-dealkylation sites (tertiary alicyclic amines) is 1. The lowest BCUT2D eigenvalue weighted by Crippen LogP contribution is -2.45. The molecule has 1 aromatic carbocycles. The number of ether oxygens (including phenoxy) is 1. The molecule has 1 aromatic heterocycles. The van der Waals surface area contributed by atoms with Crippen LogP contribution in [0.25, 0.3) is 0 Å². The largest absolute Gasteiger partial charge is 0.495 e. The van der Waals surface area contributed by atoms with E-state index in [2.05, 4.69) is 30.8 Å². The van der Waals surface area contributed by atoms with Crippen LogP contribution in [-0.2, 0) is 0 Å². The van der Waals surface area contributed by atoms with E-state index < -0.39 is 0 Å².